The van der Waals surface area contributed by atoms with Crippen LogP contribution in [0, 0.1) is 6.92 Å². The van der Waals surface area contributed by atoms with Gasteiger partial charge in [-0.1, -0.05) is 18.2 Å². The SMILES string of the molecule is Cc1c(OC(C)C(=O)NCCCN(C)C)ccc2c1oc(=O)c1ccccc12. The lowest BCUT2D eigenvalue weighted by Gasteiger charge is -2.17. The minimum absolute atomic E-state index is 0.168. The lowest BCUT2D eigenvalue weighted by Crippen LogP contribution is -2.37. The number of benzene rings is 2. The average molecular weight is 382 g/mol. The van der Waals surface area contributed by atoms with Crippen LogP contribution >= 0.6 is 0 Å². The van der Waals surface area contributed by atoms with Crippen molar-refractivity contribution in [3.8, 4) is 5.75 Å². The van der Waals surface area contributed by atoms with Crippen LogP contribution in [0.25, 0.3) is 21.7 Å². The molecule has 0 aliphatic carbocycles. The van der Waals surface area contributed by atoms with Crippen LogP contribution in [-0.2, 0) is 4.79 Å². The Morgan fingerprint density at radius 2 is 1.86 bits per heavy atom. The highest BCUT2D eigenvalue weighted by Crippen LogP contribution is 2.31. The molecular weight excluding hydrogens is 356 g/mol. The van der Waals surface area contributed by atoms with Gasteiger partial charge in [-0.2, -0.15) is 0 Å². The van der Waals surface area contributed by atoms with E-state index in [9.17, 15) is 9.59 Å². The van der Waals surface area contributed by atoms with Gasteiger partial charge < -0.3 is 19.4 Å². The number of carbonyl (C=O) groups is 1. The number of hydrogen-bond acceptors (Lipinski definition) is 5. The number of hydrogen-bond donors (Lipinski definition) is 1. The monoisotopic (exact) mass is 382 g/mol. The van der Waals surface area contributed by atoms with E-state index in [-0.39, 0.29) is 11.5 Å². The molecule has 1 heterocycles. The summed E-state index contributed by atoms with van der Waals surface area (Å²) in [5, 5.41) is 5.12. The first-order valence-electron chi connectivity index (χ1n) is 9.42. The molecule has 148 valence electrons. The molecule has 1 N–H and O–H groups in total. The molecule has 0 aliphatic rings. The summed E-state index contributed by atoms with van der Waals surface area (Å²) in [4.78, 5) is 26.7. The Morgan fingerprint density at radius 3 is 2.57 bits per heavy atom. The Kier molecular flexibility index (Phi) is 5.99. The van der Waals surface area contributed by atoms with E-state index >= 15 is 0 Å². The van der Waals surface area contributed by atoms with Gasteiger partial charge in [0, 0.05) is 17.5 Å². The molecule has 0 radical (unpaired) electrons. The minimum Gasteiger partial charge on any atom is -0.480 e. The van der Waals surface area contributed by atoms with E-state index in [2.05, 4.69) is 10.2 Å². The highest BCUT2D eigenvalue weighted by Gasteiger charge is 2.18. The fourth-order valence-electron chi connectivity index (χ4n) is 3.18. The second-order valence-corrected chi connectivity index (χ2v) is 7.21. The summed E-state index contributed by atoms with van der Waals surface area (Å²) in [6.45, 7) is 5.05. The number of nitrogens with zero attached hydrogens (tertiary/aromatic N) is 1. The molecule has 1 amide bonds. The van der Waals surface area contributed by atoms with Crippen molar-refractivity contribution in [2.24, 2.45) is 0 Å². The van der Waals surface area contributed by atoms with Crippen molar-refractivity contribution < 1.29 is 13.9 Å². The highest BCUT2D eigenvalue weighted by atomic mass is 16.5. The van der Waals surface area contributed by atoms with E-state index in [1.807, 2.05) is 51.4 Å². The summed E-state index contributed by atoms with van der Waals surface area (Å²) < 4.78 is 11.4. The van der Waals surface area contributed by atoms with Crippen molar-refractivity contribution in [3.63, 3.8) is 0 Å². The highest BCUT2D eigenvalue weighted by molar-refractivity contribution is 6.05. The van der Waals surface area contributed by atoms with Gasteiger partial charge >= 0.3 is 5.63 Å². The van der Waals surface area contributed by atoms with Gasteiger partial charge in [-0.15, -0.1) is 0 Å². The number of carbonyl (C=O) groups excluding carboxylic acids is 1. The van der Waals surface area contributed by atoms with Crippen molar-refractivity contribution in [1.82, 2.24) is 10.2 Å². The van der Waals surface area contributed by atoms with Crippen LogP contribution < -0.4 is 15.7 Å². The molecule has 0 bridgehead atoms. The molecule has 6 nitrogen and oxygen atoms in total. The quantitative estimate of drug-likeness (QED) is 0.386. The van der Waals surface area contributed by atoms with Gasteiger partial charge in [-0.05, 0) is 64.5 Å². The van der Waals surface area contributed by atoms with Crippen LogP contribution in [-0.4, -0.2) is 44.1 Å². The van der Waals surface area contributed by atoms with Gasteiger partial charge in [-0.25, -0.2) is 4.79 Å². The van der Waals surface area contributed by atoms with Crippen molar-refractivity contribution >= 4 is 27.6 Å². The van der Waals surface area contributed by atoms with E-state index < -0.39 is 6.10 Å². The smallest absolute Gasteiger partial charge is 0.344 e. The molecule has 1 aromatic heterocycles. The molecular formula is C22H26N2O4. The van der Waals surface area contributed by atoms with E-state index in [4.69, 9.17) is 9.15 Å². The molecule has 0 spiro atoms. The largest absolute Gasteiger partial charge is 0.480 e. The van der Waals surface area contributed by atoms with Gasteiger partial charge in [0.1, 0.15) is 11.3 Å². The first kappa shape index (κ1) is 19.9. The standard InChI is InChI=1S/C22H26N2O4/c1-14-19(27-15(2)21(25)23-12-7-13-24(3)4)11-10-17-16-8-5-6-9-18(16)22(26)28-20(14)17/h5-6,8-11,15H,7,12-13H2,1-4H3,(H,23,25). The fourth-order valence-corrected chi connectivity index (χ4v) is 3.18. The molecule has 0 fully saturated rings. The van der Waals surface area contributed by atoms with Gasteiger partial charge in [0.15, 0.2) is 6.10 Å². The normalized spacial score (nSPS) is 12.5. The third kappa shape index (κ3) is 4.17. The number of aryl methyl sites for hydroxylation is 1. The Bertz CT molecular complexity index is 1060. The zero-order chi connectivity index (χ0) is 20.3. The van der Waals surface area contributed by atoms with Gasteiger partial charge in [0.25, 0.3) is 5.91 Å². The Balaban J connectivity index is 1.80. The third-order valence-electron chi connectivity index (χ3n) is 4.74. The van der Waals surface area contributed by atoms with E-state index in [1.165, 1.54) is 0 Å². The fraction of sp³-hybridized carbons (Fsp3) is 0.364. The van der Waals surface area contributed by atoms with E-state index in [0.29, 0.717) is 28.8 Å². The maximum Gasteiger partial charge on any atom is 0.344 e. The van der Waals surface area contributed by atoms with Crippen LogP contribution in [0.1, 0.15) is 18.9 Å². The topological polar surface area (TPSA) is 71.8 Å². The van der Waals surface area contributed by atoms with E-state index in [0.717, 1.165) is 23.7 Å². The second kappa shape index (κ2) is 8.44. The number of ether oxygens (including phenoxy) is 1. The first-order chi connectivity index (χ1) is 13.4. The molecule has 6 heteroatoms. The summed E-state index contributed by atoms with van der Waals surface area (Å²) in [6, 6.07) is 11.0. The number of fused-ring (bicyclic) bond motifs is 3. The molecule has 2 aromatic carbocycles. The van der Waals surface area contributed by atoms with Crippen LogP contribution in [0.3, 0.4) is 0 Å². The molecule has 0 saturated heterocycles. The van der Waals surface area contributed by atoms with Crippen LogP contribution in [0.5, 0.6) is 5.75 Å². The minimum atomic E-state index is -0.650. The van der Waals surface area contributed by atoms with Gasteiger partial charge in [-0.3, -0.25) is 4.79 Å². The van der Waals surface area contributed by atoms with Gasteiger partial charge in [0.2, 0.25) is 0 Å². The Labute approximate surface area is 164 Å². The van der Waals surface area contributed by atoms with Crippen LogP contribution in [0.2, 0.25) is 0 Å². The molecule has 0 saturated carbocycles. The first-order valence-corrected chi connectivity index (χ1v) is 9.42. The Morgan fingerprint density at radius 1 is 1.14 bits per heavy atom. The molecule has 0 aliphatic heterocycles. The number of rotatable bonds is 7. The summed E-state index contributed by atoms with van der Waals surface area (Å²) >= 11 is 0. The average Bonchev–Trinajstić information content (AvgIpc) is 2.67. The van der Waals surface area contributed by atoms with Crippen molar-refractivity contribution in [2.75, 3.05) is 27.2 Å². The summed E-state index contributed by atoms with van der Waals surface area (Å²) in [7, 11) is 4.00. The zero-order valence-electron chi connectivity index (χ0n) is 16.7. The molecule has 3 rings (SSSR count). The number of amides is 1. The Hall–Kier alpha value is -2.86. The van der Waals surface area contributed by atoms with Crippen LogP contribution in [0.4, 0.5) is 0 Å². The van der Waals surface area contributed by atoms with Crippen molar-refractivity contribution in [2.45, 2.75) is 26.4 Å². The maximum absolute atomic E-state index is 12.3. The van der Waals surface area contributed by atoms with Gasteiger partial charge in [0.05, 0.1) is 5.39 Å². The molecule has 1 unspecified atom stereocenters. The summed E-state index contributed by atoms with van der Waals surface area (Å²) in [5.41, 5.74) is 0.808. The second-order valence-electron chi connectivity index (χ2n) is 7.21. The molecule has 28 heavy (non-hydrogen) atoms. The lowest BCUT2D eigenvalue weighted by atomic mass is 10.0. The maximum atomic E-state index is 12.3. The molecule has 1 atom stereocenters. The van der Waals surface area contributed by atoms with Crippen LogP contribution in [0.15, 0.2) is 45.6 Å². The lowest BCUT2D eigenvalue weighted by molar-refractivity contribution is -0.127. The predicted molar refractivity (Wildman–Crippen MR) is 111 cm³/mol. The molecule has 3 aromatic rings. The predicted octanol–water partition coefficient (Wildman–Crippen LogP) is 3.09. The van der Waals surface area contributed by atoms with Crippen molar-refractivity contribution in [3.05, 3.63) is 52.4 Å². The van der Waals surface area contributed by atoms with Crippen molar-refractivity contribution in [1.29, 1.82) is 0 Å². The number of nitrogens with one attached hydrogen (secondary N) is 1. The summed E-state index contributed by atoms with van der Waals surface area (Å²) in [6.07, 6.45) is 0.223. The van der Waals surface area contributed by atoms with E-state index in [1.54, 1.807) is 13.0 Å². The third-order valence-corrected chi connectivity index (χ3v) is 4.74. The zero-order valence-corrected chi connectivity index (χ0v) is 16.7. The summed E-state index contributed by atoms with van der Waals surface area (Å²) in [5.74, 6) is 0.361.